The van der Waals surface area contributed by atoms with E-state index >= 15 is 0 Å². The van der Waals surface area contributed by atoms with Crippen LogP contribution < -0.4 is 5.32 Å². The highest BCUT2D eigenvalue weighted by molar-refractivity contribution is 5.89. The Morgan fingerprint density at radius 2 is 2.04 bits per heavy atom. The second-order valence-electron chi connectivity index (χ2n) is 5.90. The molecule has 7 nitrogen and oxygen atoms in total. The number of rotatable bonds is 5. The number of benzene rings is 1. The van der Waals surface area contributed by atoms with Crippen molar-refractivity contribution in [3.8, 4) is 0 Å². The molecule has 1 N–H and O–H groups in total. The quantitative estimate of drug-likeness (QED) is 0.654. The number of esters is 1. The maximum absolute atomic E-state index is 12.2. The number of methoxy groups -OCH3 is 1. The van der Waals surface area contributed by atoms with Crippen molar-refractivity contribution in [2.75, 3.05) is 13.7 Å². The van der Waals surface area contributed by atoms with Crippen molar-refractivity contribution < 1.29 is 19.1 Å². The standard InChI is InChI=1S/C18H25N3O4/c1-4-25-18(23)21(12-14-10-8-13(2)9-11-14)20-16-7-5-6-15(19-16)17(22)24-3/h8-11,15H,4-7,12H2,1-3H3,(H,19,20). The molecule has 0 radical (unpaired) electrons. The van der Waals surface area contributed by atoms with Gasteiger partial charge in [0.25, 0.3) is 0 Å². The van der Waals surface area contributed by atoms with Crippen LogP contribution in [0.15, 0.2) is 29.4 Å². The summed E-state index contributed by atoms with van der Waals surface area (Å²) in [6, 6.07) is 7.44. The average Bonchev–Trinajstić information content (AvgIpc) is 2.62. The van der Waals surface area contributed by atoms with E-state index in [9.17, 15) is 9.59 Å². The number of amides is 1. The van der Waals surface area contributed by atoms with Crippen LogP contribution >= 0.6 is 0 Å². The molecule has 0 saturated carbocycles. The van der Waals surface area contributed by atoms with Crippen LogP contribution in [0.3, 0.4) is 0 Å². The van der Waals surface area contributed by atoms with Crippen LogP contribution in [0.1, 0.15) is 37.3 Å². The molecule has 0 spiro atoms. The first kappa shape index (κ1) is 18.8. The number of nitrogens with zero attached hydrogens (tertiary/aromatic N) is 2. The van der Waals surface area contributed by atoms with Crippen molar-refractivity contribution in [2.45, 2.75) is 45.7 Å². The van der Waals surface area contributed by atoms with Gasteiger partial charge in [-0.05, 0) is 32.3 Å². The molecule has 2 rings (SSSR count). The summed E-state index contributed by atoms with van der Waals surface area (Å²) in [4.78, 5) is 23.9. The van der Waals surface area contributed by atoms with E-state index < -0.39 is 12.1 Å². The molecule has 0 bridgehead atoms. The minimum Gasteiger partial charge on any atom is -0.467 e. The molecular weight excluding hydrogens is 322 g/mol. The van der Waals surface area contributed by atoms with Gasteiger partial charge in [0.15, 0.2) is 0 Å². The van der Waals surface area contributed by atoms with E-state index in [-0.39, 0.29) is 12.6 Å². The molecule has 7 heteroatoms. The molecule has 0 aliphatic carbocycles. The summed E-state index contributed by atoms with van der Waals surface area (Å²) in [6.07, 6.45) is 1.63. The van der Waals surface area contributed by atoms with Crippen LogP contribution in [0.25, 0.3) is 0 Å². The number of hydrogen-bond donors (Lipinski definition) is 1. The Kier molecular flexibility index (Phi) is 6.80. The normalized spacial score (nSPS) is 18.4. The van der Waals surface area contributed by atoms with Gasteiger partial charge in [-0.15, -0.1) is 0 Å². The van der Waals surface area contributed by atoms with E-state index in [2.05, 4.69) is 10.4 Å². The van der Waals surface area contributed by atoms with Crippen molar-refractivity contribution in [3.63, 3.8) is 0 Å². The van der Waals surface area contributed by atoms with E-state index in [1.54, 1.807) is 6.92 Å². The van der Waals surface area contributed by atoms with Crippen molar-refractivity contribution in [1.29, 1.82) is 0 Å². The SMILES string of the molecule is CCOC(=O)N(Cc1ccc(C)cc1)/N=C1/CCCC(C(=O)OC)N1. The van der Waals surface area contributed by atoms with Crippen molar-refractivity contribution in [2.24, 2.45) is 5.10 Å². The van der Waals surface area contributed by atoms with Crippen molar-refractivity contribution in [3.05, 3.63) is 35.4 Å². The minimum atomic E-state index is -0.516. The highest BCUT2D eigenvalue weighted by Gasteiger charge is 2.25. The van der Waals surface area contributed by atoms with Crippen molar-refractivity contribution in [1.82, 2.24) is 10.3 Å². The van der Waals surface area contributed by atoms with E-state index in [0.29, 0.717) is 25.2 Å². The zero-order chi connectivity index (χ0) is 18.2. The van der Waals surface area contributed by atoms with Crippen LogP contribution in [0.5, 0.6) is 0 Å². The lowest BCUT2D eigenvalue weighted by molar-refractivity contribution is -0.143. The van der Waals surface area contributed by atoms with Gasteiger partial charge in [-0.2, -0.15) is 10.1 Å². The predicted octanol–water partition coefficient (Wildman–Crippen LogP) is 2.58. The summed E-state index contributed by atoms with van der Waals surface area (Å²) in [5.74, 6) is 0.260. The number of carbonyl (C=O) groups is 2. The molecule has 136 valence electrons. The largest absolute Gasteiger partial charge is 0.467 e. The molecule has 1 atom stereocenters. The highest BCUT2D eigenvalue weighted by Crippen LogP contribution is 2.14. The van der Waals surface area contributed by atoms with E-state index in [0.717, 1.165) is 17.5 Å². The van der Waals surface area contributed by atoms with E-state index in [1.165, 1.54) is 12.1 Å². The number of piperidine rings is 1. The molecule has 25 heavy (non-hydrogen) atoms. The van der Waals surface area contributed by atoms with Crippen LogP contribution in [0, 0.1) is 6.92 Å². The molecule has 1 aromatic rings. The molecular formula is C18H25N3O4. The van der Waals surface area contributed by atoms with Crippen LogP contribution in [0.4, 0.5) is 4.79 Å². The molecule has 0 aromatic heterocycles. The summed E-state index contributed by atoms with van der Waals surface area (Å²) >= 11 is 0. The molecule has 1 unspecified atom stereocenters. The number of hydrogen-bond acceptors (Lipinski definition) is 5. The summed E-state index contributed by atoms with van der Waals surface area (Å²) < 4.78 is 9.87. The lowest BCUT2D eigenvalue weighted by Crippen LogP contribution is -2.45. The number of amidine groups is 1. The third kappa shape index (κ3) is 5.48. The monoisotopic (exact) mass is 347 g/mol. The van der Waals surface area contributed by atoms with Gasteiger partial charge < -0.3 is 14.8 Å². The Morgan fingerprint density at radius 3 is 2.68 bits per heavy atom. The average molecular weight is 347 g/mol. The Hall–Kier alpha value is -2.57. The van der Waals surface area contributed by atoms with Gasteiger partial charge in [0.1, 0.15) is 11.9 Å². The molecule has 1 aromatic carbocycles. The fraction of sp³-hybridized carbons (Fsp3) is 0.500. The molecule has 1 aliphatic heterocycles. The fourth-order valence-corrected chi connectivity index (χ4v) is 2.57. The topological polar surface area (TPSA) is 80.2 Å². The van der Waals surface area contributed by atoms with Crippen LogP contribution in [-0.2, 0) is 20.8 Å². The highest BCUT2D eigenvalue weighted by atomic mass is 16.6. The Bertz CT molecular complexity index is 628. The summed E-state index contributed by atoms with van der Waals surface area (Å²) in [7, 11) is 1.36. The van der Waals surface area contributed by atoms with Crippen LogP contribution in [0.2, 0.25) is 0 Å². The first-order valence-corrected chi connectivity index (χ1v) is 8.45. The summed E-state index contributed by atoms with van der Waals surface area (Å²) in [5.41, 5.74) is 2.09. The molecule has 1 amide bonds. The van der Waals surface area contributed by atoms with Gasteiger partial charge >= 0.3 is 12.1 Å². The lowest BCUT2D eigenvalue weighted by atomic mass is 10.0. The predicted molar refractivity (Wildman–Crippen MR) is 94.0 cm³/mol. The second-order valence-corrected chi connectivity index (χ2v) is 5.90. The molecule has 1 aliphatic rings. The minimum absolute atomic E-state index is 0.270. The second kappa shape index (κ2) is 9.05. The van der Waals surface area contributed by atoms with Crippen LogP contribution in [-0.4, -0.2) is 42.7 Å². The third-order valence-corrected chi connectivity index (χ3v) is 3.91. The zero-order valence-corrected chi connectivity index (χ0v) is 14.9. The van der Waals surface area contributed by atoms with Gasteiger partial charge in [-0.25, -0.2) is 9.59 Å². The van der Waals surface area contributed by atoms with E-state index in [1.807, 2.05) is 31.2 Å². The Labute approximate surface area is 148 Å². The van der Waals surface area contributed by atoms with Gasteiger partial charge in [0.05, 0.1) is 20.3 Å². The number of hydrazone groups is 1. The van der Waals surface area contributed by atoms with Gasteiger partial charge in [-0.3, -0.25) is 0 Å². The maximum atomic E-state index is 12.2. The van der Waals surface area contributed by atoms with Crippen molar-refractivity contribution >= 4 is 17.9 Å². The summed E-state index contributed by atoms with van der Waals surface area (Å²) in [6.45, 7) is 4.33. The van der Waals surface area contributed by atoms with E-state index in [4.69, 9.17) is 9.47 Å². The molecule has 1 fully saturated rings. The first-order chi connectivity index (χ1) is 12.0. The maximum Gasteiger partial charge on any atom is 0.430 e. The molecule has 1 saturated heterocycles. The van der Waals surface area contributed by atoms with Gasteiger partial charge in [-0.1, -0.05) is 29.8 Å². The Morgan fingerprint density at radius 1 is 1.32 bits per heavy atom. The Balaban J connectivity index is 2.15. The van der Waals surface area contributed by atoms with Gasteiger partial charge in [0, 0.05) is 6.42 Å². The number of carbonyl (C=O) groups excluding carboxylic acids is 2. The zero-order valence-electron chi connectivity index (χ0n) is 14.9. The summed E-state index contributed by atoms with van der Waals surface area (Å²) in [5, 5.41) is 8.74. The lowest BCUT2D eigenvalue weighted by Gasteiger charge is -2.25. The first-order valence-electron chi connectivity index (χ1n) is 8.45. The number of nitrogens with one attached hydrogen (secondary N) is 1. The molecule has 1 heterocycles. The van der Waals surface area contributed by atoms with Gasteiger partial charge in [0.2, 0.25) is 0 Å². The number of aryl methyl sites for hydroxylation is 1. The smallest absolute Gasteiger partial charge is 0.430 e. The third-order valence-electron chi connectivity index (χ3n) is 3.91. The number of ether oxygens (including phenoxy) is 2. The fourth-order valence-electron chi connectivity index (χ4n) is 2.57.